The molecule has 0 radical (unpaired) electrons. The number of carbonyl (C=O) groups is 1. The van der Waals surface area contributed by atoms with E-state index in [2.05, 4.69) is 31.1 Å². The van der Waals surface area contributed by atoms with Gasteiger partial charge in [0.2, 0.25) is 0 Å². The molecule has 0 bridgehead atoms. The number of carbonyl (C=O) groups excluding carboxylic acids is 1. The van der Waals surface area contributed by atoms with E-state index in [9.17, 15) is 14.9 Å². The average molecular weight is 435 g/mol. The lowest BCUT2D eigenvalue weighted by Crippen LogP contribution is -2.48. The van der Waals surface area contributed by atoms with Crippen molar-refractivity contribution in [1.82, 2.24) is 14.8 Å². The lowest BCUT2D eigenvalue weighted by Gasteiger charge is -2.34. The fourth-order valence-electron chi connectivity index (χ4n) is 3.21. The first kappa shape index (κ1) is 21.7. The predicted molar refractivity (Wildman–Crippen MR) is 117 cm³/mol. The predicted octanol–water partition coefficient (Wildman–Crippen LogP) is 4.03. The second-order valence-corrected chi connectivity index (χ2v) is 9.81. The molecular weight excluding hydrogens is 408 g/mol. The highest BCUT2D eigenvalue weighted by Gasteiger charge is 2.25. The Morgan fingerprint density at radius 1 is 1.28 bits per heavy atom. The van der Waals surface area contributed by atoms with Crippen LogP contribution < -0.4 is 0 Å². The Labute approximate surface area is 179 Å². The van der Waals surface area contributed by atoms with Gasteiger partial charge in [0.1, 0.15) is 0 Å². The quantitative estimate of drug-likeness (QED) is 0.402. The Hall–Kier alpha value is -1.97. The Kier molecular flexibility index (Phi) is 6.60. The summed E-state index contributed by atoms with van der Waals surface area (Å²) in [5.74, 6) is -0.149. The molecule has 29 heavy (non-hydrogen) atoms. The molecule has 1 amide bonds. The molecule has 2 aromatic rings. The molecule has 0 saturated carbocycles. The largest absolute Gasteiger partial charge is 0.336 e. The summed E-state index contributed by atoms with van der Waals surface area (Å²) in [5, 5.41) is 14.5. The van der Waals surface area contributed by atoms with E-state index in [4.69, 9.17) is 4.98 Å². The van der Waals surface area contributed by atoms with Gasteiger partial charge in [0, 0.05) is 55.1 Å². The molecule has 156 valence electrons. The summed E-state index contributed by atoms with van der Waals surface area (Å²) in [6.45, 7) is 10.0. The highest BCUT2D eigenvalue weighted by atomic mass is 32.2. The molecule has 1 aliphatic heterocycles. The second kappa shape index (κ2) is 8.81. The van der Waals surface area contributed by atoms with Gasteiger partial charge in [-0.15, -0.1) is 23.1 Å². The SMILES string of the molecule is CSc1ccc(C(=O)N2CCN(Cc3csc(C(C)(C)C)n3)CC2)cc1[N+](=O)[O-]. The molecule has 7 nitrogen and oxygen atoms in total. The van der Waals surface area contributed by atoms with Gasteiger partial charge in [0.05, 0.1) is 20.5 Å². The minimum atomic E-state index is -0.430. The maximum absolute atomic E-state index is 12.8. The number of amides is 1. The molecular formula is C20H26N4O3S2. The molecule has 0 unspecified atom stereocenters. The minimum Gasteiger partial charge on any atom is -0.336 e. The van der Waals surface area contributed by atoms with Gasteiger partial charge in [0.15, 0.2) is 0 Å². The number of rotatable bonds is 5. The lowest BCUT2D eigenvalue weighted by molar-refractivity contribution is -0.387. The summed E-state index contributed by atoms with van der Waals surface area (Å²) >= 11 is 3.00. The number of piperazine rings is 1. The fraction of sp³-hybridized carbons (Fsp3) is 0.500. The van der Waals surface area contributed by atoms with Crippen LogP contribution in [0, 0.1) is 10.1 Å². The molecule has 1 aromatic carbocycles. The maximum atomic E-state index is 12.8. The number of aromatic nitrogens is 1. The van der Waals surface area contributed by atoms with Crippen LogP contribution in [0.2, 0.25) is 0 Å². The number of hydrogen-bond acceptors (Lipinski definition) is 7. The summed E-state index contributed by atoms with van der Waals surface area (Å²) in [6, 6.07) is 4.72. The van der Waals surface area contributed by atoms with E-state index in [1.807, 2.05) is 0 Å². The number of nitrogens with zero attached hydrogens (tertiary/aromatic N) is 4. The molecule has 0 aliphatic carbocycles. The Balaban J connectivity index is 1.60. The summed E-state index contributed by atoms with van der Waals surface area (Å²) in [5.41, 5.74) is 1.49. The highest BCUT2D eigenvalue weighted by molar-refractivity contribution is 7.98. The fourth-order valence-corrected chi connectivity index (χ4v) is 4.66. The van der Waals surface area contributed by atoms with E-state index in [0.29, 0.717) is 23.5 Å². The van der Waals surface area contributed by atoms with Crippen molar-refractivity contribution in [3.8, 4) is 0 Å². The minimum absolute atomic E-state index is 0.0137. The van der Waals surface area contributed by atoms with Gasteiger partial charge in [-0.1, -0.05) is 20.8 Å². The van der Waals surface area contributed by atoms with Crippen LogP contribution in [0.3, 0.4) is 0 Å². The van der Waals surface area contributed by atoms with Crippen LogP contribution in [-0.2, 0) is 12.0 Å². The first-order valence-electron chi connectivity index (χ1n) is 9.48. The number of hydrogen-bond donors (Lipinski definition) is 0. The molecule has 1 aromatic heterocycles. The number of nitro benzene ring substituents is 1. The average Bonchev–Trinajstić information content (AvgIpc) is 3.16. The van der Waals surface area contributed by atoms with Crippen LogP contribution in [-0.4, -0.2) is 58.0 Å². The second-order valence-electron chi connectivity index (χ2n) is 8.11. The van der Waals surface area contributed by atoms with E-state index in [-0.39, 0.29) is 17.0 Å². The summed E-state index contributed by atoms with van der Waals surface area (Å²) in [4.78, 5) is 33.0. The third-order valence-corrected chi connectivity index (χ3v) is 6.96. The molecule has 0 atom stereocenters. The maximum Gasteiger partial charge on any atom is 0.283 e. The van der Waals surface area contributed by atoms with E-state index in [0.717, 1.165) is 30.3 Å². The van der Waals surface area contributed by atoms with Crippen molar-refractivity contribution in [3.05, 3.63) is 50.0 Å². The number of thiazole rings is 1. The standard InChI is InChI=1S/C20H26N4O3S2/c1-20(2,3)19-21-15(13-29-19)12-22-7-9-23(10-8-22)18(25)14-5-6-17(28-4)16(11-14)24(26)27/h5-6,11,13H,7-10,12H2,1-4H3. The topological polar surface area (TPSA) is 79.6 Å². The Bertz CT molecular complexity index is 899. The molecule has 2 heterocycles. The van der Waals surface area contributed by atoms with Crippen LogP contribution in [0.5, 0.6) is 0 Å². The van der Waals surface area contributed by atoms with Crippen molar-refractivity contribution in [3.63, 3.8) is 0 Å². The van der Waals surface area contributed by atoms with Gasteiger partial charge in [-0.05, 0) is 18.4 Å². The van der Waals surface area contributed by atoms with E-state index in [1.54, 1.807) is 34.6 Å². The van der Waals surface area contributed by atoms with Crippen molar-refractivity contribution < 1.29 is 9.72 Å². The smallest absolute Gasteiger partial charge is 0.283 e. The number of benzene rings is 1. The van der Waals surface area contributed by atoms with Crippen LogP contribution in [0.25, 0.3) is 0 Å². The summed E-state index contributed by atoms with van der Waals surface area (Å²) in [6.07, 6.45) is 1.79. The monoisotopic (exact) mass is 434 g/mol. The molecule has 1 aliphatic rings. The van der Waals surface area contributed by atoms with Crippen molar-refractivity contribution in [1.29, 1.82) is 0 Å². The number of nitro groups is 1. The van der Waals surface area contributed by atoms with Crippen molar-refractivity contribution in [2.24, 2.45) is 0 Å². The molecule has 9 heteroatoms. The molecule has 3 rings (SSSR count). The third kappa shape index (κ3) is 5.15. The van der Waals surface area contributed by atoms with Gasteiger partial charge in [0.25, 0.3) is 11.6 Å². The normalized spacial score (nSPS) is 15.5. The summed E-state index contributed by atoms with van der Waals surface area (Å²) in [7, 11) is 0. The van der Waals surface area contributed by atoms with Crippen LogP contribution in [0.1, 0.15) is 41.8 Å². The molecule has 0 N–H and O–H groups in total. The Morgan fingerprint density at radius 3 is 2.52 bits per heavy atom. The van der Waals surface area contributed by atoms with E-state index < -0.39 is 4.92 Å². The first-order chi connectivity index (χ1) is 13.7. The van der Waals surface area contributed by atoms with Crippen molar-refractivity contribution in [2.45, 2.75) is 37.6 Å². The first-order valence-corrected chi connectivity index (χ1v) is 11.6. The van der Waals surface area contributed by atoms with Crippen LogP contribution in [0.15, 0.2) is 28.5 Å². The lowest BCUT2D eigenvalue weighted by atomic mass is 9.98. The molecule has 0 spiro atoms. The zero-order valence-corrected chi connectivity index (χ0v) is 18.8. The zero-order valence-electron chi connectivity index (χ0n) is 17.2. The third-order valence-electron chi connectivity index (χ3n) is 4.86. The highest BCUT2D eigenvalue weighted by Crippen LogP contribution is 2.29. The van der Waals surface area contributed by atoms with Crippen molar-refractivity contribution >= 4 is 34.7 Å². The van der Waals surface area contributed by atoms with Gasteiger partial charge in [-0.25, -0.2) is 4.98 Å². The van der Waals surface area contributed by atoms with Crippen LogP contribution in [0.4, 0.5) is 5.69 Å². The Morgan fingerprint density at radius 2 is 1.97 bits per heavy atom. The van der Waals surface area contributed by atoms with Gasteiger partial charge < -0.3 is 4.90 Å². The van der Waals surface area contributed by atoms with Crippen LogP contribution >= 0.6 is 23.1 Å². The van der Waals surface area contributed by atoms with Crippen molar-refractivity contribution in [2.75, 3.05) is 32.4 Å². The van der Waals surface area contributed by atoms with E-state index >= 15 is 0 Å². The van der Waals surface area contributed by atoms with Gasteiger partial charge in [-0.3, -0.25) is 19.8 Å². The zero-order chi connectivity index (χ0) is 21.2. The molecule has 1 fully saturated rings. The van der Waals surface area contributed by atoms with Gasteiger partial charge >= 0.3 is 0 Å². The number of thioether (sulfide) groups is 1. The summed E-state index contributed by atoms with van der Waals surface area (Å²) < 4.78 is 0. The molecule has 1 saturated heterocycles. The van der Waals surface area contributed by atoms with Gasteiger partial charge in [-0.2, -0.15) is 0 Å². The van der Waals surface area contributed by atoms with E-state index in [1.165, 1.54) is 17.8 Å².